The van der Waals surface area contributed by atoms with E-state index >= 15 is 0 Å². The van der Waals surface area contributed by atoms with Crippen molar-refractivity contribution in [3.05, 3.63) is 11.1 Å². The molecule has 1 unspecified atom stereocenters. The maximum Gasteiger partial charge on any atom is 0.337 e. The van der Waals surface area contributed by atoms with E-state index in [2.05, 4.69) is 16.6 Å². The first-order valence-electron chi connectivity index (χ1n) is 2.37. The number of nitrogens with zero attached hydrogens (tertiary/aromatic N) is 1. The highest BCUT2D eigenvalue weighted by Gasteiger charge is 2.05. The number of hydrogen-bond donors (Lipinski definition) is 1. The molecule has 0 amide bonds. The molecule has 8 heavy (non-hydrogen) atoms. The molecule has 0 fully saturated rings. The van der Waals surface area contributed by atoms with Gasteiger partial charge in [-0.25, -0.2) is 0 Å². The summed E-state index contributed by atoms with van der Waals surface area (Å²) in [7, 11) is 0.118. The lowest BCUT2D eigenvalue weighted by molar-refractivity contribution is 1.27. The molecule has 2 N–H and O–H groups in total. The van der Waals surface area contributed by atoms with Gasteiger partial charge in [-0.15, -0.1) is 0 Å². The van der Waals surface area contributed by atoms with E-state index in [9.17, 15) is 0 Å². The molecular weight excluding hydrogens is 120 g/mol. The van der Waals surface area contributed by atoms with Gasteiger partial charge in [0, 0.05) is 10.5 Å². The van der Waals surface area contributed by atoms with Crippen LogP contribution in [-0.4, -0.2) is 4.98 Å². The second-order valence-electron chi connectivity index (χ2n) is 1.77. The summed E-state index contributed by atoms with van der Waals surface area (Å²) < 4.78 is 0. The van der Waals surface area contributed by atoms with Crippen LogP contribution < -0.4 is 5.73 Å². The Morgan fingerprint density at radius 1 is 1.75 bits per heavy atom. The van der Waals surface area contributed by atoms with Crippen molar-refractivity contribution in [2.75, 3.05) is 5.73 Å². The van der Waals surface area contributed by atoms with E-state index in [-0.39, 0.29) is 10.5 Å². The predicted molar refractivity (Wildman–Crippen MR) is 36.8 cm³/mol. The van der Waals surface area contributed by atoms with Crippen LogP contribution in [0.25, 0.3) is 0 Å². The molecule has 1 aromatic rings. The summed E-state index contributed by atoms with van der Waals surface area (Å²) in [6.07, 6.45) is 2.06. The van der Waals surface area contributed by atoms with Crippen molar-refractivity contribution in [3.63, 3.8) is 0 Å². The van der Waals surface area contributed by atoms with Crippen LogP contribution in [-0.2, 0) is 6.26 Å². The van der Waals surface area contributed by atoms with Gasteiger partial charge in [-0.3, -0.25) is 0 Å². The molecule has 3 heteroatoms. The standard InChI is InChI=1S/C5H9N2S/c1-4-3-8(2)5(6)7-4/h3H,1-2H3,(H2,6,7)/q+1. The minimum Gasteiger partial charge on any atom is -0.339 e. The normalized spacial score (nSPS) is 12.0. The van der Waals surface area contributed by atoms with Gasteiger partial charge in [0.1, 0.15) is 6.26 Å². The molecule has 44 valence electrons. The molecule has 0 aliphatic rings. The summed E-state index contributed by atoms with van der Waals surface area (Å²) in [4.78, 5) is 4.04. The van der Waals surface area contributed by atoms with Gasteiger partial charge >= 0.3 is 5.13 Å². The van der Waals surface area contributed by atoms with Crippen molar-refractivity contribution < 1.29 is 0 Å². The lowest BCUT2D eigenvalue weighted by Gasteiger charge is -1.69. The van der Waals surface area contributed by atoms with Gasteiger partial charge in [-0.1, -0.05) is 0 Å². The number of anilines is 1. The highest BCUT2D eigenvalue weighted by Crippen LogP contribution is 2.21. The zero-order valence-electron chi connectivity index (χ0n) is 5.01. The minimum absolute atomic E-state index is 0.118. The summed E-state index contributed by atoms with van der Waals surface area (Å²) in [5.74, 6) is 0. The molecule has 0 saturated heterocycles. The lowest BCUT2D eigenvalue weighted by atomic mass is 10.6. The van der Waals surface area contributed by atoms with Gasteiger partial charge < -0.3 is 5.73 Å². The molecule has 0 bridgehead atoms. The van der Waals surface area contributed by atoms with E-state index in [1.807, 2.05) is 6.92 Å². The Morgan fingerprint density at radius 3 is 2.50 bits per heavy atom. The van der Waals surface area contributed by atoms with Gasteiger partial charge in [0.15, 0.2) is 5.38 Å². The molecule has 0 aromatic carbocycles. The van der Waals surface area contributed by atoms with Crippen molar-refractivity contribution >= 4 is 15.6 Å². The van der Waals surface area contributed by atoms with Crippen LogP contribution in [0.3, 0.4) is 0 Å². The van der Waals surface area contributed by atoms with E-state index in [1.165, 1.54) is 0 Å². The van der Waals surface area contributed by atoms with Crippen LogP contribution in [0.5, 0.6) is 0 Å². The van der Waals surface area contributed by atoms with Crippen molar-refractivity contribution in [1.82, 2.24) is 4.98 Å². The number of rotatable bonds is 0. The van der Waals surface area contributed by atoms with E-state index in [0.29, 0.717) is 0 Å². The molecular formula is C5H9N2S+. The van der Waals surface area contributed by atoms with E-state index in [1.54, 1.807) is 0 Å². The lowest BCUT2D eigenvalue weighted by Crippen LogP contribution is -1.82. The maximum atomic E-state index is 5.48. The molecule has 2 nitrogen and oxygen atoms in total. The maximum absolute atomic E-state index is 5.48. The van der Waals surface area contributed by atoms with Gasteiger partial charge in [-0.05, 0) is 6.92 Å². The number of aryl methyl sites for hydroxylation is 2. The van der Waals surface area contributed by atoms with Crippen LogP contribution >= 0.6 is 10.5 Å². The quantitative estimate of drug-likeness (QED) is 0.535. The third kappa shape index (κ3) is 0.816. The van der Waals surface area contributed by atoms with Crippen LogP contribution in [0.15, 0.2) is 5.38 Å². The molecule has 0 saturated carbocycles. The van der Waals surface area contributed by atoms with E-state index < -0.39 is 0 Å². The number of nitrogen functional groups attached to an aromatic ring is 1. The summed E-state index contributed by atoms with van der Waals surface area (Å²) in [5, 5.41) is 2.84. The average molecular weight is 129 g/mol. The van der Waals surface area contributed by atoms with E-state index in [4.69, 9.17) is 5.73 Å². The average Bonchev–Trinajstić information content (AvgIpc) is 1.85. The fraction of sp³-hybridized carbons (Fsp3) is 0.400. The Labute approximate surface area is 51.3 Å². The second-order valence-corrected chi connectivity index (χ2v) is 3.54. The topological polar surface area (TPSA) is 38.9 Å². The molecule has 1 rings (SSSR count). The summed E-state index contributed by atoms with van der Waals surface area (Å²) in [5.41, 5.74) is 6.53. The van der Waals surface area contributed by atoms with Crippen LogP contribution in [0.1, 0.15) is 5.69 Å². The Bertz CT molecular complexity index is 173. The van der Waals surface area contributed by atoms with Crippen molar-refractivity contribution in [1.29, 1.82) is 0 Å². The Morgan fingerprint density at radius 2 is 2.38 bits per heavy atom. The molecule has 0 radical (unpaired) electrons. The summed E-state index contributed by atoms with van der Waals surface area (Å²) >= 11 is 0. The largest absolute Gasteiger partial charge is 0.339 e. The van der Waals surface area contributed by atoms with Crippen LogP contribution in [0, 0.1) is 6.92 Å². The molecule has 0 aliphatic heterocycles. The van der Waals surface area contributed by atoms with Crippen LogP contribution in [0.2, 0.25) is 0 Å². The first kappa shape index (κ1) is 5.56. The third-order valence-electron chi connectivity index (χ3n) is 0.964. The number of aromatic nitrogens is 1. The molecule has 1 heterocycles. The first-order chi connectivity index (χ1) is 3.70. The monoisotopic (exact) mass is 129 g/mol. The zero-order chi connectivity index (χ0) is 6.15. The second kappa shape index (κ2) is 1.74. The predicted octanol–water partition coefficient (Wildman–Crippen LogP) is 1.26. The molecule has 1 aromatic heterocycles. The Hall–Kier alpha value is -0.570. The highest BCUT2D eigenvalue weighted by molar-refractivity contribution is 7.31. The minimum atomic E-state index is 0.118. The Kier molecular flexibility index (Phi) is 1.21. The van der Waals surface area contributed by atoms with Crippen molar-refractivity contribution in [2.45, 2.75) is 6.92 Å². The highest BCUT2D eigenvalue weighted by atomic mass is 32.2. The van der Waals surface area contributed by atoms with Crippen LogP contribution in [0.4, 0.5) is 5.13 Å². The summed E-state index contributed by atoms with van der Waals surface area (Å²) in [6.45, 7) is 1.96. The Balaban J connectivity index is 3.14. The fourth-order valence-electron chi connectivity index (χ4n) is 0.588. The van der Waals surface area contributed by atoms with Gasteiger partial charge in [-0.2, -0.15) is 4.98 Å². The van der Waals surface area contributed by atoms with Crippen molar-refractivity contribution in [2.24, 2.45) is 6.26 Å². The fourth-order valence-corrected chi connectivity index (χ4v) is 1.56. The van der Waals surface area contributed by atoms with E-state index in [0.717, 1.165) is 10.8 Å². The van der Waals surface area contributed by atoms with Gasteiger partial charge in [0.05, 0.1) is 5.69 Å². The number of nitrogens with two attached hydrogens (primary N) is 1. The number of hydrogen-bond acceptors (Lipinski definition) is 2. The molecule has 0 spiro atoms. The SMILES string of the molecule is Cc1c[s+](C)c(N)n1. The number of thiazole rings is 1. The first-order valence-corrected chi connectivity index (χ1v) is 4.07. The molecule has 1 atom stereocenters. The zero-order valence-corrected chi connectivity index (χ0v) is 5.83. The molecule has 0 aliphatic carbocycles. The summed E-state index contributed by atoms with van der Waals surface area (Å²) in [6, 6.07) is 0. The smallest absolute Gasteiger partial charge is 0.337 e. The third-order valence-corrected chi connectivity index (χ3v) is 2.41. The van der Waals surface area contributed by atoms with Crippen molar-refractivity contribution in [3.8, 4) is 0 Å². The van der Waals surface area contributed by atoms with Gasteiger partial charge in [0.2, 0.25) is 0 Å². The van der Waals surface area contributed by atoms with Gasteiger partial charge in [0.25, 0.3) is 0 Å².